The van der Waals surface area contributed by atoms with Crippen LogP contribution in [-0.2, 0) is 24.0 Å². The van der Waals surface area contributed by atoms with Crippen molar-refractivity contribution in [2.45, 2.75) is 89.9 Å². The molecule has 17 heteroatoms. The summed E-state index contributed by atoms with van der Waals surface area (Å²) in [6.07, 6.45) is -2.89. The van der Waals surface area contributed by atoms with Crippen molar-refractivity contribution < 1.29 is 41.3 Å². The molecule has 340 valence electrons. The number of halogens is 5. The highest BCUT2D eigenvalue weighted by Crippen LogP contribution is 2.46. The van der Waals surface area contributed by atoms with E-state index in [1.165, 1.54) is 19.1 Å². The van der Waals surface area contributed by atoms with Crippen LogP contribution in [0.2, 0.25) is 5.02 Å². The van der Waals surface area contributed by atoms with Gasteiger partial charge in [0.1, 0.15) is 40.9 Å². The monoisotopic (exact) mass is 905 g/mol. The number of anilines is 2. The Kier molecular flexibility index (Phi) is 12.5. The average Bonchev–Trinajstić information content (AvgIpc) is 3.98. The number of ether oxygens (including phenoxy) is 4. The van der Waals surface area contributed by atoms with Gasteiger partial charge in [-0.25, -0.2) is 14.2 Å². The molecule has 0 saturated carbocycles. The number of likely N-dealkylation sites (N-methyl/N-ethyl adjacent to an activating group) is 1. The number of piperazine rings is 1. The number of nitrogens with zero attached hydrogens (tertiary/aromatic N) is 7. The van der Waals surface area contributed by atoms with Gasteiger partial charge in [-0.15, -0.1) is 0 Å². The molecule has 3 fully saturated rings. The van der Waals surface area contributed by atoms with E-state index >= 15 is 17.6 Å². The molecule has 2 bridgehead atoms. The van der Waals surface area contributed by atoms with Crippen LogP contribution in [0, 0.1) is 12.7 Å². The lowest BCUT2D eigenvalue weighted by atomic mass is 9.98. The van der Waals surface area contributed by atoms with E-state index in [9.17, 15) is 4.79 Å². The number of alkyl halides is 3. The van der Waals surface area contributed by atoms with E-state index < -0.39 is 40.5 Å². The summed E-state index contributed by atoms with van der Waals surface area (Å²) in [5.41, 5.74) is -1.82. The van der Waals surface area contributed by atoms with Gasteiger partial charge < -0.3 is 38.5 Å². The zero-order valence-corrected chi connectivity index (χ0v) is 37.7. The Bertz CT molecular complexity index is 2470. The maximum absolute atomic E-state index is 17.7. The molecule has 3 atom stereocenters. The molecule has 8 rings (SSSR count). The second-order valence-corrected chi connectivity index (χ2v) is 18.2. The van der Waals surface area contributed by atoms with Gasteiger partial charge in [0.25, 0.3) is 0 Å². The van der Waals surface area contributed by atoms with Gasteiger partial charge in [-0.1, -0.05) is 35.9 Å². The molecule has 64 heavy (non-hydrogen) atoms. The van der Waals surface area contributed by atoms with Gasteiger partial charge in [0.15, 0.2) is 5.82 Å². The number of rotatable bonds is 12. The third kappa shape index (κ3) is 9.30. The van der Waals surface area contributed by atoms with Crippen LogP contribution in [0.4, 0.5) is 34.0 Å². The highest BCUT2D eigenvalue weighted by molar-refractivity contribution is 6.34. The lowest BCUT2D eigenvalue weighted by Gasteiger charge is -2.36. The quantitative estimate of drug-likeness (QED) is 0.112. The highest BCUT2D eigenvalue weighted by atomic mass is 35.5. The van der Waals surface area contributed by atoms with Gasteiger partial charge in [-0.2, -0.15) is 23.1 Å². The van der Waals surface area contributed by atoms with Crippen molar-refractivity contribution in [2.75, 3.05) is 57.3 Å². The van der Waals surface area contributed by atoms with Gasteiger partial charge in [0.05, 0.1) is 48.1 Å². The summed E-state index contributed by atoms with van der Waals surface area (Å²) >= 11 is 6.99. The van der Waals surface area contributed by atoms with Crippen LogP contribution in [0.25, 0.3) is 22.2 Å². The lowest BCUT2D eigenvalue weighted by molar-refractivity contribution is -0.137. The summed E-state index contributed by atoms with van der Waals surface area (Å²) in [5, 5.41) is -0.114. The molecular weight excluding hydrogens is 854 g/mol. The molecule has 3 saturated heterocycles. The van der Waals surface area contributed by atoms with E-state index in [1.807, 2.05) is 61.9 Å². The van der Waals surface area contributed by atoms with Crippen molar-refractivity contribution in [1.29, 1.82) is 0 Å². The molecule has 0 aliphatic carbocycles. The zero-order valence-electron chi connectivity index (χ0n) is 36.9. The highest BCUT2D eigenvalue weighted by Gasteiger charge is 2.48. The summed E-state index contributed by atoms with van der Waals surface area (Å²) in [7, 11) is 5.12. The summed E-state index contributed by atoms with van der Waals surface area (Å²) in [6, 6.07) is 16.9. The van der Waals surface area contributed by atoms with Crippen LogP contribution < -0.4 is 24.0 Å². The fourth-order valence-corrected chi connectivity index (χ4v) is 9.25. The number of pyridine rings is 1. The van der Waals surface area contributed by atoms with Crippen molar-refractivity contribution in [1.82, 2.24) is 24.8 Å². The molecule has 2 aromatic heterocycles. The number of carbonyl (C=O) groups is 1. The minimum Gasteiger partial charge on any atom is -0.497 e. The van der Waals surface area contributed by atoms with Crippen molar-refractivity contribution in [2.24, 2.45) is 0 Å². The normalized spacial score (nSPS) is 18.8. The second kappa shape index (κ2) is 17.8. The third-order valence-corrected chi connectivity index (χ3v) is 12.5. The fraction of sp³-hybridized carbons (Fsp3) is 0.447. The Balaban J connectivity index is 1.25. The SMILES string of the molecule is COc1ccc(CN(Cc2ccc(OC)cc2)c2cc(C)c(C(F)(F)F)c(-c3c(Cl)cc4c(N5CC6CC5CN6C(=O)OC(C)(C)C)nc(OCC5CCCN5C)nc4c3F)n2)cc1. The molecule has 12 nitrogen and oxygen atoms in total. The Morgan fingerprint density at radius 2 is 1.55 bits per heavy atom. The first kappa shape index (κ1) is 45.0. The van der Waals surface area contributed by atoms with Gasteiger partial charge >= 0.3 is 18.3 Å². The van der Waals surface area contributed by atoms with Crippen LogP contribution in [0.15, 0.2) is 60.7 Å². The molecule has 0 radical (unpaired) electrons. The molecule has 0 N–H and O–H groups in total. The Labute approximate surface area is 375 Å². The first-order chi connectivity index (χ1) is 30.4. The summed E-state index contributed by atoms with van der Waals surface area (Å²) in [6.45, 7) is 9.02. The van der Waals surface area contributed by atoms with E-state index in [0.29, 0.717) is 36.8 Å². The number of hydrogen-bond acceptors (Lipinski definition) is 11. The van der Waals surface area contributed by atoms with Crippen molar-refractivity contribution in [3.63, 3.8) is 0 Å². The van der Waals surface area contributed by atoms with E-state index in [4.69, 9.17) is 35.5 Å². The predicted molar refractivity (Wildman–Crippen MR) is 237 cm³/mol. The minimum atomic E-state index is -4.94. The van der Waals surface area contributed by atoms with E-state index in [-0.39, 0.29) is 71.1 Å². The number of benzene rings is 3. The van der Waals surface area contributed by atoms with Crippen LogP contribution in [0.5, 0.6) is 17.5 Å². The van der Waals surface area contributed by atoms with Gasteiger partial charge in [-0.05, 0) is 114 Å². The standard InChI is InChI=1S/C47H52ClF4N7O5/c1-27-19-37(57(22-28-10-14-33(61-6)15-11-28)23-29-12-16-34(62-7)17-13-29)53-42(39(27)47(50,51)52)38-36(48)21-35-41(40(38)49)54-44(63-26-30-9-8-18-56(30)5)55-43(35)58-24-32-20-31(58)25-59(32)45(60)64-46(2,3)4/h10-17,19,21,30-32H,8-9,18,20,22-26H2,1-7H3. The number of carbonyl (C=O) groups excluding carboxylic acids is 1. The minimum absolute atomic E-state index is 0.0709. The molecule has 3 aromatic carbocycles. The fourth-order valence-electron chi connectivity index (χ4n) is 8.97. The maximum atomic E-state index is 17.7. The first-order valence-electron chi connectivity index (χ1n) is 21.3. The average molecular weight is 906 g/mol. The van der Waals surface area contributed by atoms with Crippen LogP contribution in [0.1, 0.15) is 62.3 Å². The van der Waals surface area contributed by atoms with Crippen molar-refractivity contribution >= 4 is 40.2 Å². The smallest absolute Gasteiger partial charge is 0.418 e. The molecule has 0 spiro atoms. The van der Waals surface area contributed by atoms with Gasteiger partial charge in [0.2, 0.25) is 0 Å². The number of amides is 1. The Morgan fingerprint density at radius 1 is 0.906 bits per heavy atom. The lowest BCUT2D eigenvalue weighted by Crippen LogP contribution is -2.50. The molecule has 5 heterocycles. The molecule has 1 amide bonds. The summed E-state index contributed by atoms with van der Waals surface area (Å²) in [5.74, 6) is 0.661. The van der Waals surface area contributed by atoms with E-state index in [2.05, 4.69) is 14.9 Å². The molecule has 3 aliphatic rings. The van der Waals surface area contributed by atoms with Crippen LogP contribution >= 0.6 is 11.6 Å². The summed E-state index contributed by atoms with van der Waals surface area (Å²) in [4.78, 5) is 34.8. The predicted octanol–water partition coefficient (Wildman–Crippen LogP) is 9.71. The number of methoxy groups -OCH3 is 2. The number of hydrogen-bond donors (Lipinski definition) is 0. The zero-order chi connectivity index (χ0) is 45.7. The number of aryl methyl sites for hydroxylation is 1. The topological polar surface area (TPSA) is 106 Å². The van der Waals surface area contributed by atoms with Crippen molar-refractivity contribution in [3.05, 3.63) is 93.8 Å². The summed E-state index contributed by atoms with van der Waals surface area (Å²) < 4.78 is 86.1. The molecular formula is C47H52ClF4N7O5. The molecule has 3 unspecified atom stereocenters. The molecule has 5 aromatic rings. The van der Waals surface area contributed by atoms with Crippen LogP contribution in [-0.4, -0.2) is 102 Å². The number of aromatic nitrogens is 3. The van der Waals surface area contributed by atoms with Gasteiger partial charge in [-0.3, -0.25) is 0 Å². The second-order valence-electron chi connectivity index (χ2n) is 17.8. The van der Waals surface area contributed by atoms with E-state index in [1.54, 1.807) is 43.4 Å². The Morgan fingerprint density at radius 3 is 2.08 bits per heavy atom. The number of fused-ring (bicyclic) bond motifs is 3. The van der Waals surface area contributed by atoms with E-state index in [0.717, 1.165) is 30.5 Å². The van der Waals surface area contributed by atoms with Gasteiger partial charge in [0, 0.05) is 37.6 Å². The first-order valence-corrected chi connectivity index (χ1v) is 21.7. The number of likely N-dealkylation sites (tertiary alicyclic amines) is 2. The Hall–Kier alpha value is -5.61. The van der Waals surface area contributed by atoms with Crippen LogP contribution in [0.3, 0.4) is 0 Å². The third-order valence-electron chi connectivity index (χ3n) is 12.2. The maximum Gasteiger partial charge on any atom is 0.418 e. The van der Waals surface area contributed by atoms with Crippen molar-refractivity contribution in [3.8, 4) is 28.8 Å². The molecule has 3 aliphatic heterocycles. The largest absolute Gasteiger partial charge is 0.497 e.